The summed E-state index contributed by atoms with van der Waals surface area (Å²) in [6, 6.07) is 7.21. The molecule has 0 aliphatic carbocycles. The largest absolute Gasteiger partial charge is 0.497 e. The number of ether oxygens (including phenoxy) is 1. The Balaban J connectivity index is 2.49. The molecule has 2 rings (SSSR count). The summed E-state index contributed by atoms with van der Waals surface area (Å²) in [6.45, 7) is 1.65. The normalized spacial score (nSPS) is 11.1. The Morgan fingerprint density at radius 3 is 2.48 bits per heavy atom. The minimum atomic E-state index is -4.34. The summed E-state index contributed by atoms with van der Waals surface area (Å²) in [7, 11) is -3.04. The van der Waals surface area contributed by atoms with E-state index in [0.717, 1.165) is 18.2 Å². The highest BCUT2D eigenvalue weighted by Gasteiger charge is 2.27. The molecule has 0 aromatic heterocycles. The number of nitro groups is 1. The number of hydrogen-bond acceptors (Lipinski definition) is 5. The van der Waals surface area contributed by atoms with Crippen molar-refractivity contribution in [2.24, 2.45) is 0 Å². The molecule has 2 aromatic rings. The van der Waals surface area contributed by atoms with E-state index in [2.05, 4.69) is 0 Å². The van der Waals surface area contributed by atoms with Crippen LogP contribution >= 0.6 is 0 Å². The van der Waals surface area contributed by atoms with Gasteiger partial charge in [-0.3, -0.25) is 14.8 Å². The zero-order chi connectivity index (χ0) is 17.2. The van der Waals surface area contributed by atoms with Crippen molar-refractivity contribution in [2.45, 2.75) is 11.8 Å². The topological polar surface area (TPSA) is 98.5 Å². The maximum atomic E-state index is 13.8. The minimum Gasteiger partial charge on any atom is -0.497 e. The first-order valence-electron chi connectivity index (χ1n) is 6.36. The molecule has 2 aromatic carbocycles. The van der Waals surface area contributed by atoms with E-state index in [-0.39, 0.29) is 11.4 Å². The molecule has 23 heavy (non-hydrogen) atoms. The number of anilines is 1. The summed E-state index contributed by atoms with van der Waals surface area (Å²) >= 11 is 0. The number of rotatable bonds is 5. The molecule has 0 fully saturated rings. The maximum absolute atomic E-state index is 13.8. The maximum Gasteiger partial charge on any atom is 0.293 e. The number of aryl methyl sites for hydroxylation is 1. The van der Waals surface area contributed by atoms with Gasteiger partial charge in [0.15, 0.2) is 4.90 Å². The van der Waals surface area contributed by atoms with Gasteiger partial charge in [-0.2, -0.15) is 0 Å². The van der Waals surface area contributed by atoms with Crippen LogP contribution in [0.2, 0.25) is 0 Å². The predicted molar refractivity (Wildman–Crippen MR) is 81.6 cm³/mol. The number of nitrogens with one attached hydrogen (secondary N) is 1. The van der Waals surface area contributed by atoms with E-state index < -0.39 is 31.3 Å². The van der Waals surface area contributed by atoms with Crippen LogP contribution < -0.4 is 9.46 Å². The quantitative estimate of drug-likeness (QED) is 0.666. The number of nitro benzene ring substituents is 1. The molecular weight excluding hydrogens is 327 g/mol. The van der Waals surface area contributed by atoms with Crippen LogP contribution in [0.3, 0.4) is 0 Å². The van der Waals surface area contributed by atoms with Gasteiger partial charge in [-0.1, -0.05) is 6.07 Å². The van der Waals surface area contributed by atoms with E-state index in [1.807, 2.05) is 4.72 Å². The molecule has 7 nitrogen and oxygen atoms in total. The van der Waals surface area contributed by atoms with E-state index in [9.17, 15) is 22.9 Å². The Labute approximate surface area is 131 Å². The molecule has 0 aliphatic heterocycles. The van der Waals surface area contributed by atoms with Gasteiger partial charge >= 0.3 is 0 Å². The Morgan fingerprint density at radius 1 is 1.22 bits per heavy atom. The van der Waals surface area contributed by atoms with Crippen molar-refractivity contribution >= 4 is 21.4 Å². The van der Waals surface area contributed by atoms with Crippen LogP contribution in [-0.4, -0.2) is 20.5 Å². The first-order chi connectivity index (χ1) is 10.7. The Bertz CT molecular complexity index is 867. The van der Waals surface area contributed by atoms with Crippen molar-refractivity contribution in [1.82, 2.24) is 0 Å². The molecule has 0 saturated carbocycles. The number of hydrogen-bond donors (Lipinski definition) is 1. The average molecular weight is 340 g/mol. The summed E-state index contributed by atoms with van der Waals surface area (Å²) < 4.78 is 45.3. The van der Waals surface area contributed by atoms with Gasteiger partial charge in [0.1, 0.15) is 11.6 Å². The van der Waals surface area contributed by atoms with Gasteiger partial charge in [-0.25, -0.2) is 12.8 Å². The van der Waals surface area contributed by atoms with Crippen LogP contribution in [0.1, 0.15) is 5.56 Å². The molecule has 0 spiro atoms. The third kappa shape index (κ3) is 3.57. The van der Waals surface area contributed by atoms with E-state index in [4.69, 9.17) is 4.74 Å². The lowest BCUT2D eigenvalue weighted by molar-refractivity contribution is -0.387. The van der Waals surface area contributed by atoms with Gasteiger partial charge < -0.3 is 4.74 Å². The van der Waals surface area contributed by atoms with Crippen LogP contribution in [0.15, 0.2) is 41.3 Å². The summed E-state index contributed by atoms with van der Waals surface area (Å²) in [6.07, 6.45) is 0. The molecule has 1 N–H and O–H groups in total. The smallest absolute Gasteiger partial charge is 0.293 e. The van der Waals surface area contributed by atoms with Crippen LogP contribution in [-0.2, 0) is 10.0 Å². The molecular formula is C14H13FN2O5S. The van der Waals surface area contributed by atoms with E-state index in [1.165, 1.54) is 25.3 Å². The summed E-state index contributed by atoms with van der Waals surface area (Å²) in [5, 5.41) is 11.1. The van der Waals surface area contributed by atoms with Gasteiger partial charge in [0.2, 0.25) is 0 Å². The lowest BCUT2D eigenvalue weighted by Crippen LogP contribution is -2.15. The first-order valence-corrected chi connectivity index (χ1v) is 7.84. The fraction of sp³-hybridized carbons (Fsp3) is 0.143. The summed E-state index contributed by atoms with van der Waals surface area (Å²) in [5.41, 5.74) is -0.342. The number of nitrogens with zero attached hydrogens (tertiary/aromatic N) is 1. The highest BCUT2D eigenvalue weighted by Crippen LogP contribution is 2.30. The highest BCUT2D eigenvalue weighted by atomic mass is 32.2. The third-order valence-corrected chi connectivity index (χ3v) is 4.43. The molecule has 0 radical (unpaired) electrons. The Kier molecular flexibility index (Phi) is 4.50. The van der Waals surface area contributed by atoms with Crippen molar-refractivity contribution in [3.8, 4) is 5.75 Å². The number of sulfonamides is 1. The lowest BCUT2D eigenvalue weighted by Gasteiger charge is -2.10. The van der Waals surface area contributed by atoms with Crippen molar-refractivity contribution in [3.05, 3.63) is 57.9 Å². The van der Waals surface area contributed by atoms with E-state index in [0.29, 0.717) is 5.56 Å². The van der Waals surface area contributed by atoms with Crippen LogP contribution in [0.25, 0.3) is 0 Å². The van der Waals surface area contributed by atoms with Crippen molar-refractivity contribution in [1.29, 1.82) is 0 Å². The average Bonchev–Trinajstić information content (AvgIpc) is 2.49. The highest BCUT2D eigenvalue weighted by molar-refractivity contribution is 7.92. The molecule has 0 amide bonds. The van der Waals surface area contributed by atoms with Crippen LogP contribution in [0.4, 0.5) is 15.8 Å². The predicted octanol–water partition coefficient (Wildman–Crippen LogP) is 2.85. The molecule has 0 heterocycles. The Morgan fingerprint density at radius 2 is 1.91 bits per heavy atom. The minimum absolute atomic E-state index is 0.136. The summed E-state index contributed by atoms with van der Waals surface area (Å²) in [4.78, 5) is 9.66. The second-order valence-electron chi connectivity index (χ2n) is 4.68. The monoisotopic (exact) mass is 340 g/mol. The molecule has 0 aliphatic rings. The fourth-order valence-electron chi connectivity index (χ4n) is 1.90. The van der Waals surface area contributed by atoms with Crippen LogP contribution in [0, 0.1) is 22.9 Å². The number of halogens is 1. The summed E-state index contributed by atoms with van der Waals surface area (Å²) in [5.74, 6) is -0.637. The Hall–Kier alpha value is -2.68. The molecule has 122 valence electrons. The molecule has 9 heteroatoms. The third-order valence-electron chi connectivity index (χ3n) is 3.02. The molecule has 0 atom stereocenters. The van der Waals surface area contributed by atoms with Crippen molar-refractivity contribution in [3.63, 3.8) is 0 Å². The van der Waals surface area contributed by atoms with Crippen LogP contribution in [0.5, 0.6) is 5.75 Å². The van der Waals surface area contributed by atoms with Gasteiger partial charge in [0.05, 0.1) is 23.8 Å². The second-order valence-corrected chi connectivity index (χ2v) is 6.33. The first kappa shape index (κ1) is 16.7. The van der Waals surface area contributed by atoms with Gasteiger partial charge in [-0.15, -0.1) is 0 Å². The molecule has 0 bridgehead atoms. The van der Waals surface area contributed by atoms with Gasteiger partial charge in [0.25, 0.3) is 15.7 Å². The zero-order valence-corrected chi connectivity index (χ0v) is 13.1. The SMILES string of the molecule is COc1ccc(S(=O)(=O)Nc2ccc(C)cc2F)c([N+](=O)[O-])c1. The van der Waals surface area contributed by atoms with E-state index >= 15 is 0 Å². The second kappa shape index (κ2) is 6.21. The van der Waals surface area contributed by atoms with Gasteiger partial charge in [0, 0.05) is 0 Å². The molecule has 0 unspecified atom stereocenters. The van der Waals surface area contributed by atoms with Gasteiger partial charge in [-0.05, 0) is 36.8 Å². The lowest BCUT2D eigenvalue weighted by atomic mass is 10.2. The van der Waals surface area contributed by atoms with Crippen molar-refractivity contribution < 1.29 is 22.5 Å². The van der Waals surface area contributed by atoms with Crippen molar-refractivity contribution in [2.75, 3.05) is 11.8 Å². The zero-order valence-electron chi connectivity index (χ0n) is 12.2. The standard InChI is InChI=1S/C14H13FN2O5S/c1-9-3-5-12(11(15)7-9)16-23(20,21)14-6-4-10(22-2)8-13(14)17(18)19/h3-8,16H,1-2H3. The number of benzene rings is 2. The van der Waals surface area contributed by atoms with E-state index in [1.54, 1.807) is 6.92 Å². The molecule has 0 saturated heterocycles. The fourth-order valence-corrected chi connectivity index (χ4v) is 3.12. The number of methoxy groups -OCH3 is 1.